The lowest BCUT2D eigenvalue weighted by Crippen LogP contribution is -2.54. The van der Waals surface area contributed by atoms with Gasteiger partial charge >= 0.3 is 12.1 Å². The maximum Gasteiger partial charge on any atom is 0.410 e. The van der Waals surface area contributed by atoms with Crippen molar-refractivity contribution in [3.05, 3.63) is 34.3 Å². The molecule has 1 aromatic rings. The van der Waals surface area contributed by atoms with E-state index in [0.717, 1.165) is 10.0 Å². The minimum absolute atomic E-state index is 0. The summed E-state index contributed by atoms with van der Waals surface area (Å²) < 4.78 is 11.3. The fourth-order valence-electron chi connectivity index (χ4n) is 2.53. The number of carbonyl (C=O) groups is 2. The molecule has 0 spiro atoms. The molecule has 1 amide bonds. The third-order valence-corrected chi connectivity index (χ3v) is 4.29. The molecule has 142 valence electrons. The highest BCUT2D eigenvalue weighted by Crippen LogP contribution is 2.32. The Morgan fingerprint density at radius 2 is 1.56 bits per heavy atom. The Labute approximate surface area is 159 Å². The van der Waals surface area contributed by atoms with Crippen LogP contribution in [-0.4, -0.2) is 42.8 Å². The van der Waals surface area contributed by atoms with Gasteiger partial charge in [0.25, 0.3) is 0 Å². The van der Waals surface area contributed by atoms with Gasteiger partial charge < -0.3 is 9.47 Å². The lowest BCUT2D eigenvalue weighted by Gasteiger charge is -2.39. The highest BCUT2D eigenvalue weighted by Gasteiger charge is 2.43. The molecule has 0 saturated carbocycles. The second kappa shape index (κ2) is 8.70. The highest BCUT2D eigenvalue weighted by molar-refractivity contribution is 9.10. The molecule has 0 heterocycles. The van der Waals surface area contributed by atoms with E-state index in [1.54, 1.807) is 27.8 Å². The van der Waals surface area contributed by atoms with Crippen LogP contribution >= 0.6 is 15.9 Å². The molecule has 0 unspecified atom stereocenters. The molecular formula is C19H30BrNO4. The molecule has 5 nitrogen and oxygen atoms in total. The summed E-state index contributed by atoms with van der Waals surface area (Å²) >= 11 is 3.40. The summed E-state index contributed by atoms with van der Waals surface area (Å²) in [5.74, 6) is -0.490. The monoisotopic (exact) mass is 415 g/mol. The fraction of sp³-hybridized carbons (Fsp3) is 0.579. The zero-order chi connectivity index (χ0) is 18.7. The van der Waals surface area contributed by atoms with Crippen LogP contribution in [0.3, 0.4) is 0 Å². The van der Waals surface area contributed by atoms with Crippen molar-refractivity contribution in [3.63, 3.8) is 0 Å². The molecule has 0 aliphatic carbocycles. The summed E-state index contributed by atoms with van der Waals surface area (Å²) in [5, 5.41) is 0. The Hall–Kier alpha value is -1.56. The van der Waals surface area contributed by atoms with Crippen molar-refractivity contribution in [1.29, 1.82) is 0 Å². The maximum absolute atomic E-state index is 12.4. The number of benzene rings is 1. The largest absolute Gasteiger partial charge is 0.467 e. The van der Waals surface area contributed by atoms with Gasteiger partial charge in [-0.1, -0.05) is 49.3 Å². The summed E-state index contributed by atoms with van der Waals surface area (Å²) in [6.07, 6.45) is -0.567. The number of nitrogens with zero attached hydrogens (tertiary/aromatic N) is 1. The van der Waals surface area contributed by atoms with Crippen LogP contribution in [-0.2, 0) is 19.7 Å². The number of methoxy groups -OCH3 is 1. The number of rotatable bonds is 4. The molecule has 6 heteroatoms. The van der Waals surface area contributed by atoms with Gasteiger partial charge in [-0.2, -0.15) is 0 Å². The molecule has 0 saturated heterocycles. The van der Waals surface area contributed by atoms with Gasteiger partial charge in [-0.05, 0) is 38.5 Å². The van der Waals surface area contributed by atoms with Crippen molar-refractivity contribution < 1.29 is 19.1 Å². The molecule has 25 heavy (non-hydrogen) atoms. The van der Waals surface area contributed by atoms with E-state index >= 15 is 0 Å². The van der Waals surface area contributed by atoms with Crippen LogP contribution in [0.1, 0.15) is 47.6 Å². The van der Waals surface area contributed by atoms with Gasteiger partial charge in [-0.3, -0.25) is 4.90 Å². The lowest BCUT2D eigenvalue weighted by molar-refractivity contribution is -0.148. The van der Waals surface area contributed by atoms with Crippen molar-refractivity contribution in [2.45, 2.75) is 59.1 Å². The summed E-state index contributed by atoms with van der Waals surface area (Å²) in [6, 6.07) is 6.82. The van der Waals surface area contributed by atoms with Crippen LogP contribution in [0, 0.1) is 0 Å². The third kappa shape index (κ3) is 6.03. The van der Waals surface area contributed by atoms with Crippen LogP contribution in [0.15, 0.2) is 28.7 Å². The molecule has 0 aliphatic heterocycles. The topological polar surface area (TPSA) is 55.8 Å². The SMILES string of the molecule is C.COC(=O)[C@@H](N(C)C(=O)OC(C)(C)C)C(C)(C)c1ccc(Br)cc1. The average molecular weight is 416 g/mol. The Kier molecular flexibility index (Phi) is 8.15. The molecule has 1 aromatic carbocycles. The van der Waals surface area contributed by atoms with Crippen molar-refractivity contribution in [3.8, 4) is 0 Å². The number of amides is 1. The quantitative estimate of drug-likeness (QED) is 0.664. The van der Waals surface area contributed by atoms with Gasteiger partial charge in [0.2, 0.25) is 0 Å². The van der Waals surface area contributed by atoms with Crippen LogP contribution in [0.25, 0.3) is 0 Å². The molecule has 0 N–H and O–H groups in total. The summed E-state index contributed by atoms with van der Waals surface area (Å²) in [7, 11) is 2.87. The average Bonchev–Trinajstić information content (AvgIpc) is 2.45. The molecule has 0 aromatic heterocycles. The highest BCUT2D eigenvalue weighted by atomic mass is 79.9. The van der Waals surface area contributed by atoms with Gasteiger partial charge in [-0.15, -0.1) is 0 Å². The molecule has 0 fully saturated rings. The predicted octanol–water partition coefficient (Wildman–Crippen LogP) is 4.77. The Morgan fingerprint density at radius 3 is 1.96 bits per heavy atom. The molecule has 0 radical (unpaired) electrons. The van der Waals surface area contributed by atoms with E-state index in [1.807, 2.05) is 38.1 Å². The lowest BCUT2D eigenvalue weighted by atomic mass is 9.77. The first-order valence-electron chi connectivity index (χ1n) is 7.70. The van der Waals surface area contributed by atoms with Crippen LogP contribution in [0.2, 0.25) is 0 Å². The van der Waals surface area contributed by atoms with E-state index in [1.165, 1.54) is 12.0 Å². The van der Waals surface area contributed by atoms with Crippen molar-refractivity contribution in [2.24, 2.45) is 0 Å². The van der Waals surface area contributed by atoms with Crippen LogP contribution in [0.5, 0.6) is 0 Å². The van der Waals surface area contributed by atoms with Gasteiger partial charge in [-0.25, -0.2) is 9.59 Å². The molecule has 0 aliphatic rings. The standard InChI is InChI=1S/C18H26BrNO4.CH4/c1-17(2,3)24-16(22)20(6)14(15(21)23-7)18(4,5)12-8-10-13(19)11-9-12;/h8-11,14H,1-7H3;1H4/t14-;/m1./s1. The number of carbonyl (C=O) groups excluding carboxylic acids is 2. The smallest absolute Gasteiger partial charge is 0.410 e. The Bertz CT molecular complexity index is 590. The normalized spacial score (nSPS) is 12.6. The number of ether oxygens (including phenoxy) is 2. The molecule has 1 atom stereocenters. The number of halogens is 1. The van der Waals surface area contributed by atoms with Gasteiger partial charge in [0.05, 0.1) is 7.11 Å². The first-order chi connectivity index (χ1) is 10.9. The first kappa shape index (κ1) is 23.4. The number of hydrogen-bond donors (Lipinski definition) is 0. The van der Waals surface area contributed by atoms with E-state index < -0.39 is 29.1 Å². The molecular weight excluding hydrogens is 386 g/mol. The van der Waals surface area contributed by atoms with Crippen LogP contribution in [0.4, 0.5) is 4.79 Å². The van der Waals surface area contributed by atoms with Crippen molar-refractivity contribution in [2.75, 3.05) is 14.2 Å². The molecule has 1 rings (SSSR count). The zero-order valence-corrected chi connectivity index (χ0v) is 16.9. The van der Waals surface area contributed by atoms with E-state index in [2.05, 4.69) is 15.9 Å². The summed E-state index contributed by atoms with van der Waals surface area (Å²) in [5.41, 5.74) is -0.399. The zero-order valence-electron chi connectivity index (χ0n) is 15.3. The minimum atomic E-state index is -0.821. The molecule has 0 bridgehead atoms. The summed E-state index contributed by atoms with van der Waals surface area (Å²) in [4.78, 5) is 26.2. The predicted molar refractivity (Wildman–Crippen MR) is 104 cm³/mol. The summed E-state index contributed by atoms with van der Waals surface area (Å²) in [6.45, 7) is 9.15. The second-order valence-electron chi connectivity index (χ2n) is 7.25. The van der Waals surface area contributed by atoms with Crippen molar-refractivity contribution >= 4 is 28.0 Å². The number of likely N-dealkylation sites (N-methyl/N-ethyl adjacent to an activating group) is 1. The first-order valence-corrected chi connectivity index (χ1v) is 8.49. The minimum Gasteiger partial charge on any atom is -0.467 e. The van der Waals surface area contributed by atoms with E-state index in [-0.39, 0.29) is 7.43 Å². The maximum atomic E-state index is 12.4. The van der Waals surface area contributed by atoms with E-state index in [4.69, 9.17) is 9.47 Å². The van der Waals surface area contributed by atoms with E-state index in [0.29, 0.717) is 0 Å². The van der Waals surface area contributed by atoms with Gasteiger partial charge in [0.1, 0.15) is 11.6 Å². The Balaban J connectivity index is 0.00000576. The van der Waals surface area contributed by atoms with Gasteiger partial charge in [0.15, 0.2) is 0 Å². The second-order valence-corrected chi connectivity index (χ2v) is 8.16. The van der Waals surface area contributed by atoms with Crippen LogP contribution < -0.4 is 0 Å². The fourth-order valence-corrected chi connectivity index (χ4v) is 2.79. The Morgan fingerprint density at radius 1 is 1.08 bits per heavy atom. The number of hydrogen-bond acceptors (Lipinski definition) is 4. The van der Waals surface area contributed by atoms with Crippen molar-refractivity contribution in [1.82, 2.24) is 4.90 Å². The van der Waals surface area contributed by atoms with E-state index in [9.17, 15) is 9.59 Å². The third-order valence-electron chi connectivity index (χ3n) is 3.77. The number of esters is 1. The van der Waals surface area contributed by atoms with Gasteiger partial charge in [0, 0.05) is 16.9 Å².